The molecular weight excluding hydrogens is 276 g/mol. The number of rotatable bonds is 5. The van der Waals surface area contributed by atoms with Gasteiger partial charge in [0.05, 0.1) is 11.0 Å². The predicted molar refractivity (Wildman–Crippen MR) is 81.7 cm³/mol. The summed E-state index contributed by atoms with van der Waals surface area (Å²) in [7, 11) is 0. The molecule has 1 aromatic carbocycles. The van der Waals surface area contributed by atoms with Gasteiger partial charge in [0.25, 0.3) is 0 Å². The third-order valence-electron chi connectivity index (χ3n) is 3.41. The third kappa shape index (κ3) is 2.88. The third-order valence-corrected chi connectivity index (χ3v) is 3.64. The van der Waals surface area contributed by atoms with E-state index < -0.39 is 0 Å². The van der Waals surface area contributed by atoms with Crippen molar-refractivity contribution < 1.29 is 4.79 Å². The predicted octanol–water partition coefficient (Wildman–Crippen LogP) is 2.53. The molecule has 0 atom stereocenters. The van der Waals surface area contributed by atoms with E-state index in [1.807, 2.05) is 35.4 Å². The van der Waals surface area contributed by atoms with Crippen molar-refractivity contribution in [3.8, 4) is 0 Å². The Balaban J connectivity index is 2.19. The minimum atomic E-state index is 0.123. The van der Waals surface area contributed by atoms with Crippen molar-refractivity contribution in [3.05, 3.63) is 23.2 Å². The Hall–Kier alpha value is -1.75. The van der Waals surface area contributed by atoms with Crippen LogP contribution in [-0.4, -0.2) is 33.4 Å². The Bertz CT molecular complexity index is 619. The highest BCUT2D eigenvalue weighted by Crippen LogP contribution is 2.22. The molecule has 1 heterocycles. The largest absolute Gasteiger partial charge is 0.369 e. The summed E-state index contributed by atoms with van der Waals surface area (Å²) < 4.78 is 1.84. The first-order valence-electron chi connectivity index (χ1n) is 6.75. The fraction of sp³-hybridized carbons (Fsp3) is 0.429. The van der Waals surface area contributed by atoms with Crippen LogP contribution in [0.3, 0.4) is 0 Å². The first-order valence-corrected chi connectivity index (χ1v) is 7.13. The van der Waals surface area contributed by atoms with Crippen molar-refractivity contribution in [2.75, 3.05) is 18.8 Å². The average Bonchev–Trinajstić information content (AvgIpc) is 2.73. The smallest absolute Gasteiger partial charge is 0.224 e. The molecule has 0 aliphatic carbocycles. The molecule has 0 bridgehead atoms. The van der Waals surface area contributed by atoms with E-state index in [2.05, 4.69) is 4.98 Å². The van der Waals surface area contributed by atoms with E-state index in [0.29, 0.717) is 23.9 Å². The van der Waals surface area contributed by atoms with Crippen LogP contribution in [0.4, 0.5) is 5.95 Å². The van der Waals surface area contributed by atoms with Crippen LogP contribution in [0.1, 0.15) is 20.3 Å². The number of halogens is 1. The van der Waals surface area contributed by atoms with Crippen LogP contribution < -0.4 is 5.73 Å². The van der Waals surface area contributed by atoms with Gasteiger partial charge in [0.15, 0.2) is 0 Å². The minimum Gasteiger partial charge on any atom is -0.369 e. The van der Waals surface area contributed by atoms with E-state index in [9.17, 15) is 4.79 Å². The second-order valence-electron chi connectivity index (χ2n) is 4.57. The quantitative estimate of drug-likeness (QED) is 0.921. The molecule has 2 N–H and O–H groups in total. The van der Waals surface area contributed by atoms with E-state index >= 15 is 0 Å². The van der Waals surface area contributed by atoms with Crippen LogP contribution in [0.5, 0.6) is 0 Å². The molecule has 0 aliphatic rings. The Kier molecular flexibility index (Phi) is 4.49. The van der Waals surface area contributed by atoms with Crippen LogP contribution in [0, 0.1) is 0 Å². The number of amides is 1. The summed E-state index contributed by atoms with van der Waals surface area (Å²) in [5.74, 6) is 0.535. The molecule has 0 unspecified atom stereocenters. The number of nitrogens with zero attached hydrogens (tertiary/aromatic N) is 3. The number of imidazole rings is 1. The van der Waals surface area contributed by atoms with Gasteiger partial charge in [-0.1, -0.05) is 11.6 Å². The maximum Gasteiger partial charge on any atom is 0.224 e. The van der Waals surface area contributed by atoms with Crippen LogP contribution in [-0.2, 0) is 11.3 Å². The molecule has 1 amide bonds. The lowest BCUT2D eigenvalue weighted by molar-refractivity contribution is -0.131. The molecule has 0 saturated heterocycles. The fourth-order valence-electron chi connectivity index (χ4n) is 2.29. The topological polar surface area (TPSA) is 64.2 Å². The summed E-state index contributed by atoms with van der Waals surface area (Å²) in [6.45, 7) is 5.91. The van der Waals surface area contributed by atoms with Crippen molar-refractivity contribution in [3.63, 3.8) is 0 Å². The second kappa shape index (κ2) is 6.13. The molecule has 0 fully saturated rings. The summed E-state index contributed by atoms with van der Waals surface area (Å²) >= 11 is 6.00. The van der Waals surface area contributed by atoms with Gasteiger partial charge >= 0.3 is 0 Å². The van der Waals surface area contributed by atoms with E-state index in [0.717, 1.165) is 24.1 Å². The minimum absolute atomic E-state index is 0.123. The lowest BCUT2D eigenvalue weighted by Crippen LogP contribution is -2.31. The first kappa shape index (κ1) is 14.7. The summed E-state index contributed by atoms with van der Waals surface area (Å²) in [5, 5.41) is 0.633. The van der Waals surface area contributed by atoms with Gasteiger partial charge in [-0.15, -0.1) is 0 Å². The maximum absolute atomic E-state index is 12.0. The number of anilines is 1. The van der Waals surface area contributed by atoms with Gasteiger partial charge in [-0.3, -0.25) is 4.79 Å². The van der Waals surface area contributed by atoms with Gasteiger partial charge in [0, 0.05) is 31.1 Å². The van der Waals surface area contributed by atoms with Gasteiger partial charge in [-0.2, -0.15) is 0 Å². The van der Waals surface area contributed by atoms with Gasteiger partial charge < -0.3 is 15.2 Å². The molecule has 20 heavy (non-hydrogen) atoms. The van der Waals surface area contributed by atoms with Crippen LogP contribution in [0.25, 0.3) is 11.0 Å². The zero-order valence-corrected chi connectivity index (χ0v) is 12.5. The molecule has 2 aromatic rings. The molecule has 5 nitrogen and oxygen atoms in total. The first-order chi connectivity index (χ1) is 9.56. The molecule has 0 spiro atoms. The lowest BCUT2D eigenvalue weighted by Gasteiger charge is -2.18. The number of aryl methyl sites for hydroxylation is 1. The molecule has 108 valence electrons. The zero-order chi connectivity index (χ0) is 14.7. The summed E-state index contributed by atoms with van der Waals surface area (Å²) in [6, 6.07) is 5.43. The molecular formula is C14H19ClN4O. The Morgan fingerprint density at radius 3 is 2.75 bits per heavy atom. The van der Waals surface area contributed by atoms with Crippen molar-refractivity contribution in [2.24, 2.45) is 0 Å². The van der Waals surface area contributed by atoms with E-state index in [1.165, 1.54) is 0 Å². The number of aromatic nitrogens is 2. The number of hydrogen-bond acceptors (Lipinski definition) is 3. The number of carbonyl (C=O) groups excluding carboxylic acids is 1. The zero-order valence-electron chi connectivity index (χ0n) is 11.8. The maximum atomic E-state index is 12.0. The molecule has 0 aliphatic heterocycles. The Labute approximate surface area is 123 Å². The standard InChI is InChI=1S/C14H19ClN4O/c1-3-18(4-2)13(20)7-8-19-12-9-10(15)5-6-11(12)17-14(19)16/h5-6,9H,3-4,7-8H2,1-2H3,(H2,16,17). The van der Waals surface area contributed by atoms with E-state index in [-0.39, 0.29) is 5.91 Å². The van der Waals surface area contributed by atoms with Crippen molar-refractivity contribution in [1.82, 2.24) is 14.5 Å². The number of carbonyl (C=O) groups is 1. The van der Waals surface area contributed by atoms with Crippen molar-refractivity contribution in [1.29, 1.82) is 0 Å². The monoisotopic (exact) mass is 294 g/mol. The highest BCUT2D eigenvalue weighted by Gasteiger charge is 2.13. The second-order valence-corrected chi connectivity index (χ2v) is 5.01. The Morgan fingerprint density at radius 2 is 2.10 bits per heavy atom. The molecule has 0 saturated carbocycles. The number of nitrogens with two attached hydrogens (primary N) is 1. The van der Waals surface area contributed by atoms with Crippen molar-refractivity contribution in [2.45, 2.75) is 26.8 Å². The van der Waals surface area contributed by atoms with Crippen LogP contribution >= 0.6 is 11.6 Å². The Morgan fingerprint density at radius 1 is 1.40 bits per heavy atom. The summed E-state index contributed by atoms with van der Waals surface area (Å²) in [6.07, 6.45) is 0.407. The average molecular weight is 295 g/mol. The highest BCUT2D eigenvalue weighted by molar-refractivity contribution is 6.31. The molecule has 1 aromatic heterocycles. The fourth-order valence-corrected chi connectivity index (χ4v) is 2.46. The van der Waals surface area contributed by atoms with Crippen LogP contribution in [0.15, 0.2) is 18.2 Å². The number of nitrogen functional groups attached to an aromatic ring is 1. The van der Waals surface area contributed by atoms with Gasteiger partial charge in [0.1, 0.15) is 0 Å². The number of fused-ring (bicyclic) bond motifs is 1. The van der Waals surface area contributed by atoms with Gasteiger partial charge in [0.2, 0.25) is 11.9 Å². The van der Waals surface area contributed by atoms with Crippen molar-refractivity contribution >= 4 is 34.5 Å². The normalized spacial score (nSPS) is 10.9. The highest BCUT2D eigenvalue weighted by atomic mass is 35.5. The molecule has 0 radical (unpaired) electrons. The lowest BCUT2D eigenvalue weighted by atomic mass is 10.3. The number of hydrogen-bond donors (Lipinski definition) is 1. The number of benzene rings is 1. The summed E-state index contributed by atoms with van der Waals surface area (Å²) in [4.78, 5) is 18.1. The van der Waals surface area contributed by atoms with E-state index in [4.69, 9.17) is 17.3 Å². The van der Waals surface area contributed by atoms with Crippen LogP contribution in [0.2, 0.25) is 5.02 Å². The molecule has 6 heteroatoms. The SMILES string of the molecule is CCN(CC)C(=O)CCn1c(N)nc2ccc(Cl)cc21. The van der Waals surface area contributed by atoms with Gasteiger partial charge in [-0.05, 0) is 32.0 Å². The molecule has 2 rings (SSSR count). The summed E-state index contributed by atoms with van der Waals surface area (Å²) in [5.41, 5.74) is 7.57. The van der Waals surface area contributed by atoms with Gasteiger partial charge in [-0.25, -0.2) is 4.98 Å². The van der Waals surface area contributed by atoms with E-state index in [1.54, 1.807) is 6.07 Å².